The minimum atomic E-state index is -0.461. The molecule has 1 heterocycles. The van der Waals surface area contributed by atoms with Crippen molar-refractivity contribution in [3.8, 4) is 0 Å². The molecular formula is C10H18O3. The minimum absolute atomic E-state index is 0.106. The lowest BCUT2D eigenvalue weighted by molar-refractivity contribution is -0.162. The highest BCUT2D eigenvalue weighted by Crippen LogP contribution is 2.44. The number of rotatable bonds is 1. The summed E-state index contributed by atoms with van der Waals surface area (Å²) in [5, 5.41) is 9.17. The van der Waals surface area contributed by atoms with Gasteiger partial charge in [-0.25, -0.2) is 0 Å². The Hall–Kier alpha value is -0.120. The van der Waals surface area contributed by atoms with E-state index in [0.717, 1.165) is 6.42 Å². The lowest BCUT2D eigenvalue weighted by atomic mass is 10.1. The molecule has 2 aliphatic rings. The molecule has 1 N–H and O–H groups in total. The number of aliphatic hydroxyl groups excluding tert-OH is 1. The van der Waals surface area contributed by atoms with Gasteiger partial charge in [0.05, 0.1) is 12.2 Å². The Balaban J connectivity index is 2.12. The smallest absolute Gasteiger partial charge is 0.163 e. The van der Waals surface area contributed by atoms with Gasteiger partial charge in [-0.2, -0.15) is 0 Å². The van der Waals surface area contributed by atoms with Gasteiger partial charge in [-0.15, -0.1) is 0 Å². The maximum Gasteiger partial charge on any atom is 0.163 e. The molecule has 0 unspecified atom stereocenters. The zero-order chi connectivity index (χ0) is 9.64. The average molecular weight is 186 g/mol. The predicted octanol–water partition coefficient (Wildman–Crippen LogP) is 1.15. The van der Waals surface area contributed by atoms with E-state index in [2.05, 4.69) is 6.92 Å². The molecule has 0 aromatic rings. The van der Waals surface area contributed by atoms with E-state index in [-0.39, 0.29) is 24.7 Å². The zero-order valence-electron chi connectivity index (χ0n) is 8.49. The lowest BCUT2D eigenvalue weighted by Gasteiger charge is -2.21. The summed E-state index contributed by atoms with van der Waals surface area (Å²) in [5.74, 6) is 0.308. The number of ether oxygens (including phenoxy) is 2. The van der Waals surface area contributed by atoms with Gasteiger partial charge in [-0.1, -0.05) is 6.92 Å². The lowest BCUT2D eigenvalue weighted by Crippen LogP contribution is -2.26. The highest BCUT2D eigenvalue weighted by atomic mass is 16.8. The van der Waals surface area contributed by atoms with Crippen molar-refractivity contribution in [2.45, 2.75) is 45.2 Å². The van der Waals surface area contributed by atoms with Crippen LogP contribution < -0.4 is 0 Å². The van der Waals surface area contributed by atoms with Crippen molar-refractivity contribution < 1.29 is 14.6 Å². The van der Waals surface area contributed by atoms with Gasteiger partial charge in [0.25, 0.3) is 0 Å². The highest BCUT2D eigenvalue weighted by Gasteiger charge is 2.51. The molecule has 1 aliphatic heterocycles. The SMILES string of the molecule is C[C@@H]1C[C@H](CO)[C@H]2OC(C)(C)O[C@H]21. The van der Waals surface area contributed by atoms with Crippen LogP contribution in [0, 0.1) is 11.8 Å². The first-order valence-corrected chi connectivity index (χ1v) is 5.00. The second-order valence-corrected chi connectivity index (χ2v) is 4.72. The maximum absolute atomic E-state index is 9.17. The quantitative estimate of drug-likeness (QED) is 0.667. The zero-order valence-corrected chi connectivity index (χ0v) is 8.49. The Kier molecular flexibility index (Phi) is 2.13. The van der Waals surface area contributed by atoms with E-state index in [0.29, 0.717) is 5.92 Å². The molecule has 0 bridgehead atoms. The molecule has 0 spiro atoms. The Labute approximate surface area is 79.0 Å². The molecule has 1 saturated carbocycles. The van der Waals surface area contributed by atoms with Crippen LogP contribution in [0.5, 0.6) is 0 Å². The van der Waals surface area contributed by atoms with Crippen molar-refractivity contribution in [2.24, 2.45) is 11.8 Å². The van der Waals surface area contributed by atoms with Crippen molar-refractivity contribution in [3.63, 3.8) is 0 Å². The molecule has 1 saturated heterocycles. The summed E-state index contributed by atoms with van der Waals surface area (Å²) in [5.41, 5.74) is 0. The van der Waals surface area contributed by atoms with Crippen LogP contribution in [-0.2, 0) is 9.47 Å². The average Bonchev–Trinajstić information content (AvgIpc) is 2.47. The molecule has 4 atom stereocenters. The van der Waals surface area contributed by atoms with E-state index in [1.54, 1.807) is 0 Å². The van der Waals surface area contributed by atoms with Gasteiger partial charge in [0, 0.05) is 12.5 Å². The first kappa shape index (κ1) is 9.44. The third-order valence-electron chi connectivity index (χ3n) is 3.10. The van der Waals surface area contributed by atoms with Gasteiger partial charge < -0.3 is 14.6 Å². The van der Waals surface area contributed by atoms with Gasteiger partial charge in [0.15, 0.2) is 5.79 Å². The fourth-order valence-corrected chi connectivity index (χ4v) is 2.55. The van der Waals surface area contributed by atoms with Crippen molar-refractivity contribution in [1.29, 1.82) is 0 Å². The van der Waals surface area contributed by atoms with Crippen LogP contribution in [0.4, 0.5) is 0 Å². The number of hydrogen-bond donors (Lipinski definition) is 1. The van der Waals surface area contributed by atoms with Crippen LogP contribution >= 0.6 is 0 Å². The van der Waals surface area contributed by atoms with Gasteiger partial charge in [-0.3, -0.25) is 0 Å². The second-order valence-electron chi connectivity index (χ2n) is 4.72. The van der Waals surface area contributed by atoms with Crippen molar-refractivity contribution >= 4 is 0 Å². The van der Waals surface area contributed by atoms with E-state index >= 15 is 0 Å². The molecule has 0 radical (unpaired) electrons. The summed E-state index contributed by atoms with van der Waals surface area (Å²) in [6, 6.07) is 0. The largest absolute Gasteiger partial charge is 0.396 e. The van der Waals surface area contributed by atoms with Gasteiger partial charge >= 0.3 is 0 Å². The van der Waals surface area contributed by atoms with Gasteiger partial charge in [0.1, 0.15) is 0 Å². The summed E-state index contributed by atoms with van der Waals surface area (Å²) < 4.78 is 11.5. The third kappa shape index (κ3) is 1.49. The number of hydrogen-bond acceptors (Lipinski definition) is 3. The van der Waals surface area contributed by atoms with E-state index < -0.39 is 5.79 Å². The first-order valence-electron chi connectivity index (χ1n) is 5.00. The molecule has 13 heavy (non-hydrogen) atoms. The van der Waals surface area contributed by atoms with Crippen LogP contribution in [-0.4, -0.2) is 29.7 Å². The number of aliphatic hydroxyl groups is 1. The van der Waals surface area contributed by atoms with Gasteiger partial charge in [0.2, 0.25) is 0 Å². The minimum Gasteiger partial charge on any atom is -0.396 e. The third-order valence-corrected chi connectivity index (χ3v) is 3.10. The van der Waals surface area contributed by atoms with E-state index in [1.165, 1.54) is 0 Å². The van der Waals surface area contributed by atoms with Crippen LogP contribution in [0.1, 0.15) is 27.2 Å². The molecule has 76 valence electrons. The van der Waals surface area contributed by atoms with Gasteiger partial charge in [-0.05, 0) is 26.2 Å². The van der Waals surface area contributed by atoms with Crippen LogP contribution in [0.25, 0.3) is 0 Å². The summed E-state index contributed by atoms with van der Waals surface area (Å²) in [7, 11) is 0. The monoisotopic (exact) mass is 186 g/mol. The maximum atomic E-state index is 9.17. The van der Waals surface area contributed by atoms with Crippen LogP contribution in [0.3, 0.4) is 0 Å². The van der Waals surface area contributed by atoms with Crippen molar-refractivity contribution in [2.75, 3.05) is 6.61 Å². The summed E-state index contributed by atoms with van der Waals surface area (Å²) in [6.45, 7) is 6.25. The fraction of sp³-hybridized carbons (Fsp3) is 1.00. The van der Waals surface area contributed by atoms with E-state index in [9.17, 15) is 0 Å². The molecule has 2 fully saturated rings. The van der Waals surface area contributed by atoms with Crippen LogP contribution in [0.15, 0.2) is 0 Å². The van der Waals surface area contributed by atoms with E-state index in [4.69, 9.17) is 14.6 Å². The molecular weight excluding hydrogens is 168 g/mol. The van der Waals surface area contributed by atoms with E-state index in [1.807, 2.05) is 13.8 Å². The summed E-state index contributed by atoms with van der Waals surface area (Å²) in [4.78, 5) is 0. The van der Waals surface area contributed by atoms with Crippen molar-refractivity contribution in [3.05, 3.63) is 0 Å². The predicted molar refractivity (Wildman–Crippen MR) is 48.2 cm³/mol. The Morgan fingerprint density at radius 2 is 1.92 bits per heavy atom. The molecule has 1 aliphatic carbocycles. The summed E-state index contributed by atoms with van der Waals surface area (Å²) in [6.07, 6.45) is 1.31. The topological polar surface area (TPSA) is 38.7 Å². The molecule has 0 aromatic carbocycles. The summed E-state index contributed by atoms with van der Waals surface area (Å²) >= 11 is 0. The first-order chi connectivity index (χ1) is 6.03. The van der Waals surface area contributed by atoms with Crippen molar-refractivity contribution in [1.82, 2.24) is 0 Å². The molecule has 3 heteroatoms. The Bertz CT molecular complexity index is 202. The molecule has 2 rings (SSSR count). The Morgan fingerprint density at radius 3 is 2.54 bits per heavy atom. The molecule has 0 amide bonds. The second kappa shape index (κ2) is 2.94. The normalized spacial score (nSPS) is 48.0. The highest BCUT2D eigenvalue weighted by molar-refractivity contribution is 4.96. The Morgan fingerprint density at radius 1 is 1.31 bits per heavy atom. The molecule has 0 aromatic heterocycles. The number of fused-ring (bicyclic) bond motifs is 1. The fourth-order valence-electron chi connectivity index (χ4n) is 2.55. The molecule has 3 nitrogen and oxygen atoms in total. The van der Waals surface area contributed by atoms with Crippen LogP contribution in [0.2, 0.25) is 0 Å². The standard InChI is InChI=1S/C10H18O3/c1-6-4-7(5-11)9-8(6)12-10(2,3)13-9/h6-9,11H,4-5H2,1-3H3/t6-,7-,8+,9-/m1/s1.